The van der Waals surface area contributed by atoms with E-state index in [2.05, 4.69) is 42.6 Å². The third-order valence-electron chi connectivity index (χ3n) is 4.10. The molecule has 1 aromatic carbocycles. The van der Waals surface area contributed by atoms with Gasteiger partial charge in [-0.2, -0.15) is 0 Å². The lowest BCUT2D eigenvalue weighted by atomic mass is 9.77. The molecule has 1 saturated carbocycles. The van der Waals surface area contributed by atoms with Crippen LogP contribution in [0.3, 0.4) is 0 Å². The molecule has 0 spiro atoms. The van der Waals surface area contributed by atoms with E-state index in [1.54, 1.807) is 0 Å². The van der Waals surface area contributed by atoms with Gasteiger partial charge in [-0.1, -0.05) is 50.1 Å². The van der Waals surface area contributed by atoms with Crippen LogP contribution < -0.4 is 5.32 Å². The predicted octanol–water partition coefficient (Wildman–Crippen LogP) is 4.01. The minimum atomic E-state index is 0.188. The van der Waals surface area contributed by atoms with Crippen LogP contribution in [0, 0.1) is 5.92 Å². The average Bonchev–Trinajstić information content (AvgIpc) is 2.40. The van der Waals surface area contributed by atoms with Gasteiger partial charge >= 0.3 is 0 Å². The van der Waals surface area contributed by atoms with Crippen LogP contribution in [0.25, 0.3) is 0 Å². The Kier molecular flexibility index (Phi) is 5.08. The third-order valence-corrected chi connectivity index (χ3v) is 4.62. The topological polar surface area (TPSA) is 12.0 Å². The number of hydrogen-bond acceptors (Lipinski definition) is 1. The van der Waals surface area contributed by atoms with Gasteiger partial charge in [0, 0.05) is 11.4 Å². The first kappa shape index (κ1) is 13.9. The largest absolute Gasteiger partial charge is 0.310 e. The molecule has 0 radical (unpaired) electrons. The van der Waals surface area contributed by atoms with Gasteiger partial charge in [0.2, 0.25) is 0 Å². The summed E-state index contributed by atoms with van der Waals surface area (Å²) in [5.74, 6) is 1.55. The molecule has 2 rings (SSSR count). The van der Waals surface area contributed by atoms with Gasteiger partial charge < -0.3 is 5.32 Å². The summed E-state index contributed by atoms with van der Waals surface area (Å²) >= 11 is 6.22. The zero-order chi connectivity index (χ0) is 12.8. The van der Waals surface area contributed by atoms with Gasteiger partial charge in [0.05, 0.1) is 0 Å². The second-order valence-corrected chi connectivity index (χ2v) is 6.05. The van der Waals surface area contributed by atoms with Crippen molar-refractivity contribution in [1.29, 1.82) is 0 Å². The average molecular weight is 266 g/mol. The molecule has 1 fully saturated rings. The van der Waals surface area contributed by atoms with Crippen LogP contribution in [0.1, 0.15) is 38.2 Å². The van der Waals surface area contributed by atoms with Crippen molar-refractivity contribution in [3.8, 4) is 0 Å². The van der Waals surface area contributed by atoms with E-state index < -0.39 is 0 Å². The smallest absolute Gasteiger partial charge is 0.0406 e. The van der Waals surface area contributed by atoms with Crippen molar-refractivity contribution in [2.24, 2.45) is 5.92 Å². The van der Waals surface area contributed by atoms with E-state index in [0.717, 1.165) is 24.8 Å². The number of benzene rings is 1. The standard InChI is InChI=1S/C16H24ClN/c1-14-6-5-10-16(12-14,13-17)18-11-9-15-7-3-2-4-8-15/h2-4,7-8,14,18H,5-6,9-13H2,1H3. The van der Waals surface area contributed by atoms with Gasteiger partial charge in [-0.25, -0.2) is 0 Å². The zero-order valence-corrected chi connectivity index (χ0v) is 12.0. The predicted molar refractivity (Wildman–Crippen MR) is 79.2 cm³/mol. The highest BCUT2D eigenvalue weighted by Crippen LogP contribution is 2.33. The Hall–Kier alpha value is -0.530. The monoisotopic (exact) mass is 265 g/mol. The molecule has 0 aliphatic heterocycles. The van der Waals surface area contributed by atoms with Gasteiger partial charge in [-0.15, -0.1) is 11.6 Å². The lowest BCUT2D eigenvalue weighted by Gasteiger charge is -2.39. The number of alkyl halides is 1. The Bertz CT molecular complexity index is 351. The molecular weight excluding hydrogens is 242 g/mol. The quantitative estimate of drug-likeness (QED) is 0.794. The summed E-state index contributed by atoms with van der Waals surface area (Å²) in [4.78, 5) is 0. The molecule has 18 heavy (non-hydrogen) atoms. The molecule has 1 aliphatic rings. The van der Waals surface area contributed by atoms with Crippen molar-refractivity contribution in [3.05, 3.63) is 35.9 Å². The summed E-state index contributed by atoms with van der Waals surface area (Å²) in [5, 5.41) is 3.73. The lowest BCUT2D eigenvalue weighted by molar-refractivity contribution is 0.210. The second kappa shape index (κ2) is 6.58. The fraction of sp³-hybridized carbons (Fsp3) is 0.625. The van der Waals surface area contributed by atoms with Gasteiger partial charge in [-0.3, -0.25) is 0 Å². The number of hydrogen-bond donors (Lipinski definition) is 1. The van der Waals surface area contributed by atoms with Gasteiger partial charge in [0.25, 0.3) is 0 Å². The summed E-state index contributed by atoms with van der Waals surface area (Å²) in [6.07, 6.45) is 6.22. The van der Waals surface area contributed by atoms with Crippen molar-refractivity contribution in [2.45, 2.75) is 44.6 Å². The maximum atomic E-state index is 6.22. The molecule has 0 bridgehead atoms. The molecule has 0 heterocycles. The molecule has 1 aromatic rings. The highest BCUT2D eigenvalue weighted by atomic mass is 35.5. The Morgan fingerprint density at radius 2 is 2.11 bits per heavy atom. The summed E-state index contributed by atoms with van der Waals surface area (Å²) in [6, 6.07) is 10.7. The first-order valence-corrected chi connectivity index (χ1v) is 7.62. The molecule has 2 unspecified atom stereocenters. The molecule has 2 atom stereocenters. The molecule has 2 heteroatoms. The van der Waals surface area contributed by atoms with Crippen LogP contribution in [0.5, 0.6) is 0 Å². The van der Waals surface area contributed by atoms with Crippen LogP contribution in [-0.2, 0) is 6.42 Å². The van der Waals surface area contributed by atoms with E-state index in [1.807, 2.05) is 0 Å². The fourth-order valence-electron chi connectivity index (χ4n) is 3.11. The molecule has 0 amide bonds. The van der Waals surface area contributed by atoms with E-state index in [-0.39, 0.29) is 5.54 Å². The van der Waals surface area contributed by atoms with Gasteiger partial charge in [-0.05, 0) is 37.3 Å². The fourth-order valence-corrected chi connectivity index (χ4v) is 3.44. The van der Waals surface area contributed by atoms with Crippen LogP contribution in [0.15, 0.2) is 30.3 Å². The second-order valence-electron chi connectivity index (χ2n) is 5.78. The lowest BCUT2D eigenvalue weighted by Crippen LogP contribution is -2.50. The number of nitrogens with one attached hydrogen (secondary N) is 1. The Morgan fingerprint density at radius 1 is 1.33 bits per heavy atom. The van der Waals surface area contributed by atoms with Gasteiger partial charge in [0.15, 0.2) is 0 Å². The van der Waals surface area contributed by atoms with Crippen molar-refractivity contribution < 1.29 is 0 Å². The van der Waals surface area contributed by atoms with E-state index in [9.17, 15) is 0 Å². The van der Waals surface area contributed by atoms with Crippen LogP contribution in [0.4, 0.5) is 0 Å². The first-order chi connectivity index (χ1) is 8.74. The Balaban J connectivity index is 1.83. The SMILES string of the molecule is CC1CCCC(CCl)(NCCc2ccccc2)C1. The maximum Gasteiger partial charge on any atom is 0.0406 e. The van der Waals surface area contributed by atoms with Crippen molar-refractivity contribution in [1.82, 2.24) is 5.32 Å². The van der Waals surface area contributed by atoms with E-state index in [4.69, 9.17) is 11.6 Å². The molecular formula is C16H24ClN. The Labute approximate surface area is 116 Å². The first-order valence-electron chi connectivity index (χ1n) is 7.09. The summed E-state index contributed by atoms with van der Waals surface area (Å²) in [5.41, 5.74) is 1.59. The summed E-state index contributed by atoms with van der Waals surface area (Å²) in [6.45, 7) is 3.38. The zero-order valence-electron chi connectivity index (χ0n) is 11.3. The molecule has 0 saturated heterocycles. The molecule has 1 nitrogen and oxygen atoms in total. The minimum absolute atomic E-state index is 0.188. The minimum Gasteiger partial charge on any atom is -0.310 e. The number of rotatable bonds is 5. The van der Waals surface area contributed by atoms with Crippen LogP contribution in [0.2, 0.25) is 0 Å². The highest BCUT2D eigenvalue weighted by Gasteiger charge is 2.33. The Morgan fingerprint density at radius 3 is 2.78 bits per heavy atom. The number of halogens is 1. The maximum absolute atomic E-state index is 6.22. The van der Waals surface area contributed by atoms with Crippen molar-refractivity contribution >= 4 is 11.6 Å². The molecule has 100 valence electrons. The van der Waals surface area contributed by atoms with Crippen LogP contribution in [-0.4, -0.2) is 18.0 Å². The summed E-state index contributed by atoms with van der Waals surface area (Å²) in [7, 11) is 0. The van der Waals surface area contributed by atoms with Crippen molar-refractivity contribution in [2.75, 3.05) is 12.4 Å². The van der Waals surface area contributed by atoms with Crippen LogP contribution >= 0.6 is 11.6 Å². The molecule has 1 aliphatic carbocycles. The molecule has 0 aromatic heterocycles. The van der Waals surface area contributed by atoms with E-state index in [0.29, 0.717) is 0 Å². The van der Waals surface area contributed by atoms with E-state index >= 15 is 0 Å². The normalized spacial score (nSPS) is 28.2. The molecule has 1 N–H and O–H groups in total. The summed E-state index contributed by atoms with van der Waals surface area (Å²) < 4.78 is 0. The highest BCUT2D eigenvalue weighted by molar-refractivity contribution is 6.18. The van der Waals surface area contributed by atoms with E-state index in [1.165, 1.54) is 31.2 Å². The van der Waals surface area contributed by atoms with Crippen molar-refractivity contribution in [3.63, 3.8) is 0 Å². The van der Waals surface area contributed by atoms with Gasteiger partial charge in [0.1, 0.15) is 0 Å². The third kappa shape index (κ3) is 3.73.